The summed E-state index contributed by atoms with van der Waals surface area (Å²) in [5.74, 6) is -0.0379. The van der Waals surface area contributed by atoms with E-state index in [0.29, 0.717) is 0 Å². The van der Waals surface area contributed by atoms with Crippen LogP contribution in [-0.2, 0) is 14.3 Å². The van der Waals surface area contributed by atoms with E-state index < -0.39 is 5.60 Å². The molecule has 2 rings (SSSR count). The summed E-state index contributed by atoms with van der Waals surface area (Å²) >= 11 is 0. The van der Waals surface area contributed by atoms with E-state index in [4.69, 9.17) is 4.74 Å². The highest BCUT2D eigenvalue weighted by Crippen LogP contribution is 2.24. The molecular weight excluding hydrogens is 268 g/mol. The molecule has 5 nitrogen and oxygen atoms in total. The summed E-state index contributed by atoms with van der Waals surface area (Å²) in [4.78, 5) is 28.8. The van der Waals surface area contributed by atoms with Crippen LogP contribution in [0.25, 0.3) is 0 Å². The number of nitrogens with zero attached hydrogens (tertiary/aromatic N) is 2. The van der Waals surface area contributed by atoms with E-state index in [1.165, 1.54) is 0 Å². The van der Waals surface area contributed by atoms with Gasteiger partial charge in [-0.3, -0.25) is 14.5 Å². The van der Waals surface area contributed by atoms with Crippen LogP contribution in [0.1, 0.15) is 53.4 Å². The lowest BCUT2D eigenvalue weighted by molar-refractivity contribution is -0.161. The second kappa shape index (κ2) is 6.34. The molecule has 0 N–H and O–H groups in total. The third-order valence-electron chi connectivity index (χ3n) is 4.25. The standard InChI is InChI=1S/C16H28N2O3/c1-12(14(19)17-9-5-6-10-17)18-11-7-8-13(18)15(20)21-16(2,3)4/h12-13H,5-11H2,1-4H3/t12?,13-/m0/s1. The number of rotatable bonds is 3. The number of carbonyl (C=O) groups is 2. The molecule has 0 aromatic carbocycles. The van der Waals surface area contributed by atoms with Crippen molar-refractivity contribution in [1.82, 2.24) is 9.80 Å². The second-order valence-corrected chi connectivity index (χ2v) is 7.14. The maximum Gasteiger partial charge on any atom is 0.323 e. The minimum Gasteiger partial charge on any atom is -0.459 e. The predicted molar refractivity (Wildman–Crippen MR) is 80.8 cm³/mol. The molecule has 2 heterocycles. The average molecular weight is 296 g/mol. The van der Waals surface area contributed by atoms with Crippen LogP contribution in [0.15, 0.2) is 0 Å². The Bertz CT molecular complexity index is 397. The van der Waals surface area contributed by atoms with E-state index in [2.05, 4.69) is 0 Å². The van der Waals surface area contributed by atoms with Gasteiger partial charge in [0.1, 0.15) is 11.6 Å². The van der Waals surface area contributed by atoms with Gasteiger partial charge in [0.25, 0.3) is 0 Å². The molecule has 0 aliphatic carbocycles. The van der Waals surface area contributed by atoms with E-state index in [1.54, 1.807) is 0 Å². The molecule has 1 unspecified atom stereocenters. The highest BCUT2D eigenvalue weighted by molar-refractivity contribution is 5.83. The third-order valence-corrected chi connectivity index (χ3v) is 4.25. The average Bonchev–Trinajstić information content (AvgIpc) is 3.05. The summed E-state index contributed by atoms with van der Waals surface area (Å²) in [5, 5.41) is 0. The number of carbonyl (C=O) groups excluding carboxylic acids is 2. The van der Waals surface area contributed by atoms with E-state index in [9.17, 15) is 9.59 Å². The van der Waals surface area contributed by atoms with E-state index in [1.807, 2.05) is 37.5 Å². The molecule has 2 aliphatic rings. The van der Waals surface area contributed by atoms with Gasteiger partial charge in [-0.2, -0.15) is 0 Å². The van der Waals surface area contributed by atoms with Crippen LogP contribution in [0.4, 0.5) is 0 Å². The number of amides is 1. The van der Waals surface area contributed by atoms with Gasteiger partial charge in [-0.05, 0) is 59.9 Å². The van der Waals surface area contributed by atoms with Crippen LogP contribution in [0.5, 0.6) is 0 Å². The van der Waals surface area contributed by atoms with Crippen molar-refractivity contribution in [2.24, 2.45) is 0 Å². The number of hydrogen-bond donors (Lipinski definition) is 0. The minimum atomic E-state index is -0.479. The lowest BCUT2D eigenvalue weighted by Gasteiger charge is -2.32. The van der Waals surface area contributed by atoms with Gasteiger partial charge in [0.05, 0.1) is 6.04 Å². The number of esters is 1. The highest BCUT2D eigenvalue weighted by atomic mass is 16.6. The molecule has 1 amide bonds. The first-order chi connectivity index (χ1) is 9.79. The maximum absolute atomic E-state index is 12.5. The van der Waals surface area contributed by atoms with Crippen LogP contribution < -0.4 is 0 Å². The Kier molecular flexibility index (Phi) is 4.91. The topological polar surface area (TPSA) is 49.9 Å². The zero-order valence-corrected chi connectivity index (χ0v) is 13.7. The molecule has 2 atom stereocenters. The first-order valence-corrected chi connectivity index (χ1v) is 8.07. The Labute approximate surface area is 127 Å². The van der Waals surface area contributed by atoms with Crippen LogP contribution in [0.2, 0.25) is 0 Å². The Morgan fingerprint density at radius 2 is 1.71 bits per heavy atom. The smallest absolute Gasteiger partial charge is 0.323 e. The SMILES string of the molecule is CC(C(=O)N1CCCC1)N1CCC[C@H]1C(=O)OC(C)(C)C. The number of ether oxygens (including phenoxy) is 1. The molecule has 0 aromatic rings. The zero-order chi connectivity index (χ0) is 15.6. The van der Waals surface area contributed by atoms with Gasteiger partial charge in [0, 0.05) is 13.1 Å². The Morgan fingerprint density at radius 3 is 2.29 bits per heavy atom. The fourth-order valence-electron chi connectivity index (χ4n) is 3.22. The van der Waals surface area contributed by atoms with Gasteiger partial charge in [0.2, 0.25) is 5.91 Å². The van der Waals surface area contributed by atoms with Crippen molar-refractivity contribution in [2.45, 2.75) is 71.1 Å². The minimum absolute atomic E-state index is 0.156. The lowest BCUT2D eigenvalue weighted by Crippen LogP contribution is -2.51. The molecule has 21 heavy (non-hydrogen) atoms. The van der Waals surface area contributed by atoms with Gasteiger partial charge in [-0.25, -0.2) is 0 Å². The van der Waals surface area contributed by atoms with Crippen molar-refractivity contribution in [3.05, 3.63) is 0 Å². The molecule has 2 saturated heterocycles. The normalized spacial score (nSPS) is 25.1. The Hall–Kier alpha value is -1.10. The fourth-order valence-corrected chi connectivity index (χ4v) is 3.22. The van der Waals surface area contributed by atoms with Crippen LogP contribution in [0, 0.1) is 0 Å². The largest absolute Gasteiger partial charge is 0.459 e. The lowest BCUT2D eigenvalue weighted by atomic mass is 10.1. The van der Waals surface area contributed by atoms with Crippen LogP contribution in [-0.4, -0.2) is 59.0 Å². The number of likely N-dealkylation sites (tertiary alicyclic amines) is 2. The van der Waals surface area contributed by atoms with Crippen molar-refractivity contribution in [3.63, 3.8) is 0 Å². The second-order valence-electron chi connectivity index (χ2n) is 7.14. The molecule has 120 valence electrons. The summed E-state index contributed by atoms with van der Waals surface area (Å²) in [7, 11) is 0. The molecular formula is C16H28N2O3. The first-order valence-electron chi connectivity index (χ1n) is 8.07. The van der Waals surface area contributed by atoms with Gasteiger partial charge in [-0.1, -0.05) is 0 Å². The van der Waals surface area contributed by atoms with Gasteiger partial charge in [0.15, 0.2) is 0 Å². The van der Waals surface area contributed by atoms with Crippen molar-refractivity contribution in [1.29, 1.82) is 0 Å². The first kappa shape index (κ1) is 16.3. The molecule has 0 spiro atoms. The molecule has 2 aliphatic heterocycles. The fraction of sp³-hybridized carbons (Fsp3) is 0.875. The summed E-state index contributed by atoms with van der Waals surface area (Å²) in [6.07, 6.45) is 3.91. The van der Waals surface area contributed by atoms with Crippen LogP contribution in [0.3, 0.4) is 0 Å². The van der Waals surface area contributed by atoms with Crippen molar-refractivity contribution < 1.29 is 14.3 Å². The molecule has 0 radical (unpaired) electrons. The monoisotopic (exact) mass is 296 g/mol. The van der Waals surface area contributed by atoms with Gasteiger partial charge >= 0.3 is 5.97 Å². The summed E-state index contributed by atoms with van der Waals surface area (Å²) in [6, 6.07) is -0.506. The zero-order valence-electron chi connectivity index (χ0n) is 13.7. The molecule has 0 bridgehead atoms. The Balaban J connectivity index is 2.00. The summed E-state index contributed by atoms with van der Waals surface area (Å²) in [6.45, 7) is 10.1. The highest BCUT2D eigenvalue weighted by Gasteiger charge is 2.39. The van der Waals surface area contributed by atoms with Crippen molar-refractivity contribution in [2.75, 3.05) is 19.6 Å². The van der Waals surface area contributed by atoms with Gasteiger partial charge < -0.3 is 9.64 Å². The van der Waals surface area contributed by atoms with E-state index in [-0.39, 0.29) is 24.0 Å². The Morgan fingerprint density at radius 1 is 1.10 bits per heavy atom. The third kappa shape index (κ3) is 3.96. The quantitative estimate of drug-likeness (QED) is 0.745. The summed E-state index contributed by atoms with van der Waals surface area (Å²) in [5.41, 5.74) is -0.479. The molecule has 0 saturated carbocycles. The van der Waals surface area contributed by atoms with Gasteiger partial charge in [-0.15, -0.1) is 0 Å². The van der Waals surface area contributed by atoms with Crippen molar-refractivity contribution >= 4 is 11.9 Å². The summed E-state index contributed by atoms with van der Waals surface area (Å²) < 4.78 is 5.50. The molecule has 5 heteroatoms. The van der Waals surface area contributed by atoms with Crippen LogP contribution >= 0.6 is 0 Å². The molecule has 0 aromatic heterocycles. The number of hydrogen-bond acceptors (Lipinski definition) is 4. The maximum atomic E-state index is 12.5. The van der Waals surface area contributed by atoms with Crippen molar-refractivity contribution in [3.8, 4) is 0 Å². The van der Waals surface area contributed by atoms with E-state index >= 15 is 0 Å². The van der Waals surface area contributed by atoms with E-state index in [0.717, 1.165) is 45.3 Å². The molecule has 2 fully saturated rings. The predicted octanol–water partition coefficient (Wildman–Crippen LogP) is 1.80.